The van der Waals surface area contributed by atoms with E-state index in [0.717, 1.165) is 25.2 Å². The number of rotatable bonds is 7. The minimum Gasteiger partial charge on any atom is -0.349 e. The Kier molecular flexibility index (Phi) is 6.69. The van der Waals surface area contributed by atoms with Crippen LogP contribution in [0.2, 0.25) is 0 Å². The average molecular weight is 254 g/mol. The molecule has 0 aromatic heterocycles. The summed E-state index contributed by atoms with van der Waals surface area (Å²) in [6.45, 7) is 4.73. The third-order valence-electron chi connectivity index (χ3n) is 4.65. The standard InChI is InChI=1S/C15H30N2O/c1-3-15(4-2,12-16)17-14(18)11-10-13-8-6-5-7-9-13/h13H,3-12,16H2,1-2H3,(H,17,18). The van der Waals surface area contributed by atoms with Gasteiger partial charge in [-0.15, -0.1) is 0 Å². The van der Waals surface area contributed by atoms with E-state index in [1.54, 1.807) is 0 Å². The molecule has 0 bridgehead atoms. The van der Waals surface area contributed by atoms with Crippen LogP contribution in [0.1, 0.15) is 71.6 Å². The van der Waals surface area contributed by atoms with Crippen molar-refractivity contribution in [1.29, 1.82) is 0 Å². The van der Waals surface area contributed by atoms with Gasteiger partial charge in [0, 0.05) is 13.0 Å². The van der Waals surface area contributed by atoms with E-state index in [4.69, 9.17) is 5.73 Å². The Hall–Kier alpha value is -0.570. The van der Waals surface area contributed by atoms with Crippen LogP contribution in [0.25, 0.3) is 0 Å². The maximum Gasteiger partial charge on any atom is 0.220 e. The molecule has 0 unspecified atom stereocenters. The van der Waals surface area contributed by atoms with Gasteiger partial charge in [0.2, 0.25) is 5.91 Å². The topological polar surface area (TPSA) is 55.1 Å². The number of carbonyl (C=O) groups is 1. The summed E-state index contributed by atoms with van der Waals surface area (Å²) in [6.07, 6.45) is 10.3. The Labute approximate surface area is 112 Å². The van der Waals surface area contributed by atoms with Gasteiger partial charge < -0.3 is 11.1 Å². The van der Waals surface area contributed by atoms with Crippen LogP contribution in [-0.2, 0) is 4.79 Å². The molecule has 0 aromatic carbocycles. The van der Waals surface area contributed by atoms with Gasteiger partial charge in [-0.05, 0) is 25.2 Å². The van der Waals surface area contributed by atoms with Crippen molar-refractivity contribution in [1.82, 2.24) is 5.32 Å². The monoisotopic (exact) mass is 254 g/mol. The molecule has 0 radical (unpaired) electrons. The van der Waals surface area contributed by atoms with Crippen molar-refractivity contribution >= 4 is 5.91 Å². The fourth-order valence-corrected chi connectivity index (χ4v) is 2.94. The van der Waals surface area contributed by atoms with E-state index in [2.05, 4.69) is 19.2 Å². The Bertz CT molecular complexity index is 235. The Balaban J connectivity index is 2.31. The van der Waals surface area contributed by atoms with E-state index in [1.807, 2.05) is 0 Å². The average Bonchev–Trinajstić information content (AvgIpc) is 2.44. The number of nitrogens with two attached hydrogens (primary N) is 1. The zero-order chi connectivity index (χ0) is 13.4. The van der Waals surface area contributed by atoms with E-state index in [9.17, 15) is 4.79 Å². The van der Waals surface area contributed by atoms with Gasteiger partial charge in [-0.3, -0.25) is 4.79 Å². The number of nitrogens with one attached hydrogen (secondary N) is 1. The second-order valence-corrected chi connectivity index (χ2v) is 5.78. The molecule has 3 N–H and O–H groups in total. The summed E-state index contributed by atoms with van der Waals surface area (Å²) in [4.78, 5) is 12.0. The van der Waals surface area contributed by atoms with E-state index in [-0.39, 0.29) is 11.4 Å². The first-order chi connectivity index (χ1) is 8.65. The molecular weight excluding hydrogens is 224 g/mol. The molecule has 106 valence electrons. The molecule has 1 saturated carbocycles. The molecule has 0 atom stereocenters. The third kappa shape index (κ3) is 4.60. The summed E-state index contributed by atoms with van der Waals surface area (Å²) in [5, 5.41) is 3.16. The molecule has 1 aliphatic carbocycles. The SMILES string of the molecule is CCC(CC)(CN)NC(=O)CCC1CCCCC1. The second kappa shape index (κ2) is 7.78. The van der Waals surface area contributed by atoms with Crippen LogP contribution in [0.15, 0.2) is 0 Å². The van der Waals surface area contributed by atoms with Crippen LogP contribution in [-0.4, -0.2) is 18.0 Å². The first kappa shape index (κ1) is 15.5. The van der Waals surface area contributed by atoms with Gasteiger partial charge >= 0.3 is 0 Å². The highest BCUT2D eigenvalue weighted by molar-refractivity contribution is 5.76. The van der Waals surface area contributed by atoms with E-state index < -0.39 is 0 Å². The number of amides is 1. The molecule has 0 spiro atoms. The zero-order valence-corrected chi connectivity index (χ0v) is 12.1. The molecule has 0 heterocycles. The van der Waals surface area contributed by atoms with Gasteiger partial charge in [-0.2, -0.15) is 0 Å². The fourth-order valence-electron chi connectivity index (χ4n) is 2.94. The highest BCUT2D eigenvalue weighted by Crippen LogP contribution is 2.27. The lowest BCUT2D eigenvalue weighted by Gasteiger charge is -2.32. The molecule has 1 amide bonds. The second-order valence-electron chi connectivity index (χ2n) is 5.78. The summed E-state index contributed by atoms with van der Waals surface area (Å²) in [5.74, 6) is 0.967. The summed E-state index contributed by atoms with van der Waals surface area (Å²) in [7, 11) is 0. The summed E-state index contributed by atoms with van der Waals surface area (Å²) in [6, 6.07) is 0. The number of hydrogen-bond acceptors (Lipinski definition) is 2. The molecule has 3 nitrogen and oxygen atoms in total. The van der Waals surface area contributed by atoms with Gasteiger partial charge in [0.15, 0.2) is 0 Å². The van der Waals surface area contributed by atoms with Crippen LogP contribution in [0, 0.1) is 5.92 Å². The van der Waals surface area contributed by atoms with Gasteiger partial charge in [0.05, 0.1) is 5.54 Å². The quantitative estimate of drug-likeness (QED) is 0.734. The molecule has 0 aliphatic heterocycles. The predicted octanol–water partition coefficient (Wildman–Crippen LogP) is 2.98. The van der Waals surface area contributed by atoms with E-state index in [0.29, 0.717) is 13.0 Å². The van der Waals surface area contributed by atoms with Gasteiger partial charge in [-0.1, -0.05) is 46.0 Å². The highest BCUT2D eigenvalue weighted by atomic mass is 16.1. The molecule has 1 aliphatic rings. The van der Waals surface area contributed by atoms with Crippen molar-refractivity contribution in [3.63, 3.8) is 0 Å². The number of hydrogen-bond donors (Lipinski definition) is 2. The van der Waals surface area contributed by atoms with Crippen molar-refractivity contribution in [2.75, 3.05) is 6.54 Å². The maximum absolute atomic E-state index is 12.0. The van der Waals surface area contributed by atoms with Gasteiger partial charge in [0.25, 0.3) is 0 Å². The first-order valence-electron chi connectivity index (χ1n) is 7.67. The molecule has 18 heavy (non-hydrogen) atoms. The van der Waals surface area contributed by atoms with E-state index in [1.165, 1.54) is 32.1 Å². The van der Waals surface area contributed by atoms with Crippen molar-refractivity contribution in [3.05, 3.63) is 0 Å². The minimum absolute atomic E-state index is 0.177. The lowest BCUT2D eigenvalue weighted by molar-refractivity contribution is -0.123. The molecular formula is C15H30N2O. The van der Waals surface area contributed by atoms with Crippen LogP contribution >= 0.6 is 0 Å². The molecule has 3 heteroatoms. The van der Waals surface area contributed by atoms with Crippen LogP contribution in [0.4, 0.5) is 0 Å². The lowest BCUT2D eigenvalue weighted by Crippen LogP contribution is -2.52. The Morgan fingerprint density at radius 2 is 1.83 bits per heavy atom. The molecule has 1 fully saturated rings. The summed E-state index contributed by atoms with van der Waals surface area (Å²) < 4.78 is 0. The summed E-state index contributed by atoms with van der Waals surface area (Å²) in [5.41, 5.74) is 5.62. The Morgan fingerprint density at radius 3 is 2.33 bits per heavy atom. The van der Waals surface area contributed by atoms with Crippen molar-refractivity contribution in [2.45, 2.75) is 77.2 Å². The Morgan fingerprint density at radius 1 is 1.22 bits per heavy atom. The molecule has 0 aromatic rings. The third-order valence-corrected chi connectivity index (χ3v) is 4.65. The van der Waals surface area contributed by atoms with E-state index >= 15 is 0 Å². The first-order valence-corrected chi connectivity index (χ1v) is 7.67. The van der Waals surface area contributed by atoms with Crippen molar-refractivity contribution < 1.29 is 4.79 Å². The van der Waals surface area contributed by atoms with Gasteiger partial charge in [-0.25, -0.2) is 0 Å². The van der Waals surface area contributed by atoms with Crippen LogP contribution in [0.3, 0.4) is 0 Å². The lowest BCUT2D eigenvalue weighted by atomic mass is 9.86. The normalized spacial score (nSPS) is 17.7. The maximum atomic E-state index is 12.0. The fraction of sp³-hybridized carbons (Fsp3) is 0.933. The molecule has 0 saturated heterocycles. The zero-order valence-electron chi connectivity index (χ0n) is 12.1. The van der Waals surface area contributed by atoms with Crippen molar-refractivity contribution in [2.24, 2.45) is 11.7 Å². The highest BCUT2D eigenvalue weighted by Gasteiger charge is 2.26. The smallest absolute Gasteiger partial charge is 0.220 e. The minimum atomic E-state index is -0.177. The van der Waals surface area contributed by atoms with Crippen molar-refractivity contribution in [3.8, 4) is 0 Å². The molecule has 1 rings (SSSR count). The van der Waals surface area contributed by atoms with Crippen LogP contribution < -0.4 is 11.1 Å². The predicted molar refractivity (Wildman–Crippen MR) is 76.3 cm³/mol. The van der Waals surface area contributed by atoms with Crippen LogP contribution in [0.5, 0.6) is 0 Å². The van der Waals surface area contributed by atoms with Gasteiger partial charge in [0.1, 0.15) is 0 Å². The summed E-state index contributed by atoms with van der Waals surface area (Å²) >= 11 is 0. The largest absolute Gasteiger partial charge is 0.349 e. The number of carbonyl (C=O) groups excluding carboxylic acids is 1.